The predicted molar refractivity (Wildman–Crippen MR) is 115 cm³/mol. The molecule has 0 saturated heterocycles. The van der Waals surface area contributed by atoms with Crippen molar-refractivity contribution in [3.8, 4) is 5.75 Å². The summed E-state index contributed by atoms with van der Waals surface area (Å²) in [4.78, 5) is 23.4. The summed E-state index contributed by atoms with van der Waals surface area (Å²) in [6, 6.07) is 9.34. The Labute approximate surface area is 178 Å². The Morgan fingerprint density at radius 1 is 1.25 bits per heavy atom. The first-order chi connectivity index (χ1) is 13.3. The third-order valence-electron chi connectivity index (χ3n) is 3.67. The first kappa shape index (κ1) is 20.3. The Morgan fingerprint density at radius 3 is 2.68 bits per heavy atom. The van der Waals surface area contributed by atoms with Crippen LogP contribution in [0.3, 0.4) is 0 Å². The third kappa shape index (κ3) is 4.17. The number of amides is 1. The summed E-state index contributed by atoms with van der Waals surface area (Å²) in [5, 5.41) is 17.4. The lowest BCUT2D eigenvalue weighted by Gasteiger charge is -2.09. The van der Waals surface area contributed by atoms with Gasteiger partial charge in [-0.1, -0.05) is 23.2 Å². The zero-order valence-corrected chi connectivity index (χ0v) is 17.3. The summed E-state index contributed by atoms with van der Waals surface area (Å²) in [6.07, 6.45) is 0. The topological polar surface area (TPSA) is 93.5 Å². The number of hydrogen-bond acceptors (Lipinski definition) is 6. The number of methoxy groups -OCH3 is 1. The van der Waals surface area contributed by atoms with E-state index in [0.29, 0.717) is 16.2 Å². The maximum absolute atomic E-state index is 12.6. The number of thiophene rings is 1. The quantitative estimate of drug-likeness (QED) is 0.316. The van der Waals surface area contributed by atoms with Gasteiger partial charge in [-0.2, -0.15) is 0 Å². The van der Waals surface area contributed by atoms with Crippen LogP contribution in [0.1, 0.15) is 9.67 Å². The zero-order valence-electron chi connectivity index (χ0n) is 14.1. The van der Waals surface area contributed by atoms with Crippen LogP contribution in [0.2, 0.25) is 10.0 Å². The fourth-order valence-corrected chi connectivity index (χ4v) is 4.20. The Morgan fingerprint density at radius 2 is 2.00 bits per heavy atom. The lowest BCUT2D eigenvalue weighted by Crippen LogP contribution is -2.34. The predicted octanol–water partition coefficient (Wildman–Crippen LogP) is 5.25. The van der Waals surface area contributed by atoms with E-state index in [1.807, 2.05) is 0 Å². The van der Waals surface area contributed by atoms with E-state index in [0.717, 1.165) is 4.70 Å². The van der Waals surface area contributed by atoms with Gasteiger partial charge in [0.15, 0.2) is 5.11 Å². The second-order valence-electron chi connectivity index (χ2n) is 5.43. The minimum Gasteiger partial charge on any atom is -0.497 e. The minimum atomic E-state index is -0.602. The number of carbonyl (C=O) groups excluding carboxylic acids is 1. The van der Waals surface area contributed by atoms with Gasteiger partial charge < -0.3 is 10.1 Å². The number of anilines is 1. The molecule has 28 heavy (non-hydrogen) atoms. The summed E-state index contributed by atoms with van der Waals surface area (Å²) in [7, 11) is 1.55. The molecule has 1 aromatic heterocycles. The smallest absolute Gasteiger partial charge is 0.294 e. The number of hydrogen-bond donors (Lipinski definition) is 2. The van der Waals surface area contributed by atoms with Crippen molar-refractivity contribution in [3.63, 3.8) is 0 Å². The summed E-state index contributed by atoms with van der Waals surface area (Å²) in [5.41, 5.74) is -0.164. The van der Waals surface area contributed by atoms with Crippen LogP contribution in [0.25, 0.3) is 10.1 Å². The Hall–Kier alpha value is -2.46. The van der Waals surface area contributed by atoms with Gasteiger partial charge in [0, 0.05) is 21.2 Å². The zero-order chi connectivity index (χ0) is 20.4. The molecule has 0 aliphatic rings. The number of nitro groups is 1. The number of carbonyl (C=O) groups is 1. The van der Waals surface area contributed by atoms with Crippen LogP contribution in [0.5, 0.6) is 5.75 Å². The van der Waals surface area contributed by atoms with E-state index in [2.05, 4.69) is 10.6 Å². The molecule has 0 atom stereocenters. The molecule has 2 aromatic carbocycles. The summed E-state index contributed by atoms with van der Waals surface area (Å²) in [5.74, 6) is 0.115. The van der Waals surface area contributed by atoms with Gasteiger partial charge in [-0.15, -0.1) is 11.3 Å². The van der Waals surface area contributed by atoms with Crippen molar-refractivity contribution in [1.82, 2.24) is 5.32 Å². The fraction of sp³-hybridized carbons (Fsp3) is 0.0588. The van der Waals surface area contributed by atoms with Gasteiger partial charge in [0.1, 0.15) is 16.3 Å². The fourth-order valence-electron chi connectivity index (χ4n) is 2.39. The Bertz CT molecular complexity index is 1120. The van der Waals surface area contributed by atoms with Crippen LogP contribution >= 0.6 is 46.8 Å². The van der Waals surface area contributed by atoms with E-state index in [1.165, 1.54) is 29.5 Å². The maximum atomic E-state index is 12.6. The van der Waals surface area contributed by atoms with Crippen LogP contribution < -0.4 is 15.4 Å². The van der Waals surface area contributed by atoms with Gasteiger partial charge in [-0.25, -0.2) is 0 Å². The van der Waals surface area contributed by atoms with E-state index in [9.17, 15) is 14.9 Å². The molecule has 1 heterocycles. The summed E-state index contributed by atoms with van der Waals surface area (Å²) < 4.78 is 5.95. The molecule has 3 rings (SSSR count). The average Bonchev–Trinajstić information content (AvgIpc) is 2.99. The highest BCUT2D eigenvalue weighted by Gasteiger charge is 2.20. The lowest BCUT2D eigenvalue weighted by atomic mass is 10.2. The first-order valence-corrected chi connectivity index (χ1v) is 9.60. The molecule has 144 valence electrons. The number of benzene rings is 2. The van der Waals surface area contributed by atoms with Crippen LogP contribution in [0, 0.1) is 10.1 Å². The van der Waals surface area contributed by atoms with Gasteiger partial charge in [-0.05, 0) is 42.5 Å². The molecular weight excluding hydrogens is 445 g/mol. The van der Waals surface area contributed by atoms with Crippen molar-refractivity contribution in [1.29, 1.82) is 0 Å². The molecule has 0 aliphatic carbocycles. The molecule has 0 bridgehead atoms. The van der Waals surface area contributed by atoms with E-state index in [1.54, 1.807) is 25.3 Å². The standard InChI is InChI=1S/C17H11Cl2N3O4S2/c1-26-9-3-4-10-13(7-9)28-15(14(10)19)16(23)21-17(27)20-11-5-2-8(18)6-12(11)22(24)25/h2-7H,1H3,(H2,20,21,23,27). The molecule has 7 nitrogen and oxygen atoms in total. The lowest BCUT2D eigenvalue weighted by molar-refractivity contribution is -0.383. The van der Waals surface area contributed by atoms with Crippen LogP contribution in [-0.4, -0.2) is 23.1 Å². The summed E-state index contributed by atoms with van der Waals surface area (Å²) in [6.45, 7) is 0. The highest BCUT2D eigenvalue weighted by Crippen LogP contribution is 2.37. The third-order valence-corrected chi connectivity index (χ3v) is 5.77. The number of thiocarbonyl (C=S) groups is 1. The largest absolute Gasteiger partial charge is 0.497 e. The number of rotatable bonds is 4. The van der Waals surface area contributed by atoms with Gasteiger partial charge in [0.2, 0.25) is 0 Å². The number of nitrogens with zero attached hydrogens (tertiary/aromatic N) is 1. The molecular formula is C17H11Cl2N3O4S2. The molecule has 0 radical (unpaired) electrons. The van der Waals surface area contributed by atoms with Crippen LogP contribution in [0.15, 0.2) is 36.4 Å². The molecule has 0 aliphatic heterocycles. The van der Waals surface area contributed by atoms with Gasteiger partial charge in [-0.3, -0.25) is 20.2 Å². The van der Waals surface area contributed by atoms with Crippen molar-refractivity contribution in [2.24, 2.45) is 0 Å². The average molecular weight is 456 g/mol. The second kappa shape index (κ2) is 8.27. The van der Waals surface area contributed by atoms with Crippen LogP contribution in [0.4, 0.5) is 11.4 Å². The molecule has 0 spiro atoms. The number of halogens is 2. The Balaban J connectivity index is 1.80. The molecule has 11 heteroatoms. The monoisotopic (exact) mass is 455 g/mol. The van der Waals surface area contributed by atoms with Gasteiger partial charge in [0.25, 0.3) is 11.6 Å². The highest BCUT2D eigenvalue weighted by molar-refractivity contribution is 7.80. The first-order valence-electron chi connectivity index (χ1n) is 7.62. The normalized spacial score (nSPS) is 10.5. The molecule has 3 aromatic rings. The van der Waals surface area contributed by atoms with E-state index < -0.39 is 10.8 Å². The Kier molecular flexibility index (Phi) is 5.99. The van der Waals surface area contributed by atoms with Crippen LogP contribution in [-0.2, 0) is 0 Å². The van der Waals surface area contributed by atoms with E-state index >= 15 is 0 Å². The summed E-state index contributed by atoms with van der Waals surface area (Å²) >= 11 is 18.4. The number of nitrogens with one attached hydrogen (secondary N) is 2. The van der Waals surface area contributed by atoms with Crippen molar-refractivity contribution >= 4 is 79.2 Å². The number of nitro benzene ring substituents is 1. The molecule has 1 amide bonds. The molecule has 2 N–H and O–H groups in total. The van der Waals surface area contributed by atoms with E-state index in [-0.39, 0.29) is 26.4 Å². The van der Waals surface area contributed by atoms with Crippen molar-refractivity contribution in [3.05, 3.63) is 61.4 Å². The van der Waals surface area contributed by atoms with Gasteiger partial charge in [0.05, 0.1) is 17.1 Å². The van der Waals surface area contributed by atoms with Crippen molar-refractivity contribution in [2.75, 3.05) is 12.4 Å². The number of ether oxygens (including phenoxy) is 1. The number of fused-ring (bicyclic) bond motifs is 1. The van der Waals surface area contributed by atoms with Gasteiger partial charge >= 0.3 is 0 Å². The second-order valence-corrected chi connectivity index (χ2v) is 7.71. The van der Waals surface area contributed by atoms with Crippen molar-refractivity contribution < 1.29 is 14.5 Å². The molecule has 0 saturated carbocycles. The SMILES string of the molecule is COc1ccc2c(Cl)c(C(=O)NC(=S)Nc3ccc(Cl)cc3[N+](=O)[O-])sc2c1. The minimum absolute atomic E-state index is 0.104. The maximum Gasteiger partial charge on any atom is 0.294 e. The molecule has 0 fully saturated rings. The van der Waals surface area contributed by atoms with Crippen molar-refractivity contribution in [2.45, 2.75) is 0 Å². The molecule has 0 unspecified atom stereocenters. The van der Waals surface area contributed by atoms with E-state index in [4.69, 9.17) is 40.2 Å². The highest BCUT2D eigenvalue weighted by atomic mass is 35.5.